The van der Waals surface area contributed by atoms with Gasteiger partial charge in [0.1, 0.15) is 17.3 Å². The van der Waals surface area contributed by atoms with Gasteiger partial charge in [0.05, 0.1) is 0 Å². The fraction of sp³-hybridized carbons (Fsp3) is 0.500. The van der Waals surface area contributed by atoms with Crippen molar-refractivity contribution < 1.29 is 18.3 Å². The largest absolute Gasteiger partial charge is 0.385 e. The number of carbonyl (C=O) groups is 1. The number of amides is 1. The fourth-order valence-corrected chi connectivity index (χ4v) is 1.81. The number of rotatable bonds is 7. The molecule has 20 heavy (non-hydrogen) atoms. The SMILES string of the molecule is CCNc1c(F)cc(C(=O)N(C)CCCOC)cc1F. The lowest BCUT2D eigenvalue weighted by Crippen LogP contribution is -2.28. The van der Waals surface area contributed by atoms with Crippen LogP contribution in [0.2, 0.25) is 0 Å². The smallest absolute Gasteiger partial charge is 0.253 e. The molecule has 0 heterocycles. The molecule has 0 saturated carbocycles. The Labute approximate surface area is 117 Å². The maximum Gasteiger partial charge on any atom is 0.253 e. The summed E-state index contributed by atoms with van der Waals surface area (Å²) in [5.41, 5.74) is -0.201. The van der Waals surface area contributed by atoms with Crippen LogP contribution in [0.1, 0.15) is 23.7 Å². The molecule has 0 atom stereocenters. The molecule has 0 saturated heterocycles. The van der Waals surface area contributed by atoms with Crippen LogP contribution in [0.5, 0.6) is 0 Å². The Hall–Kier alpha value is -1.69. The zero-order chi connectivity index (χ0) is 15.1. The van der Waals surface area contributed by atoms with Crippen LogP contribution in [0.4, 0.5) is 14.5 Å². The van der Waals surface area contributed by atoms with Crippen LogP contribution >= 0.6 is 0 Å². The van der Waals surface area contributed by atoms with Gasteiger partial charge in [-0.25, -0.2) is 8.78 Å². The third-order valence-corrected chi connectivity index (χ3v) is 2.83. The third-order valence-electron chi connectivity index (χ3n) is 2.83. The van der Waals surface area contributed by atoms with E-state index in [0.29, 0.717) is 26.1 Å². The van der Waals surface area contributed by atoms with Crippen molar-refractivity contribution in [1.82, 2.24) is 4.90 Å². The van der Waals surface area contributed by atoms with Gasteiger partial charge in [0.2, 0.25) is 0 Å². The van der Waals surface area contributed by atoms with Crippen LogP contribution in [-0.2, 0) is 4.74 Å². The molecule has 0 aliphatic rings. The zero-order valence-electron chi connectivity index (χ0n) is 12.0. The van der Waals surface area contributed by atoms with Crippen molar-refractivity contribution in [2.45, 2.75) is 13.3 Å². The Bertz CT molecular complexity index is 443. The number of hydrogen-bond donors (Lipinski definition) is 1. The lowest BCUT2D eigenvalue weighted by Gasteiger charge is -2.17. The summed E-state index contributed by atoms with van der Waals surface area (Å²) < 4.78 is 32.4. The van der Waals surface area contributed by atoms with Crippen molar-refractivity contribution in [3.63, 3.8) is 0 Å². The minimum atomic E-state index is -0.763. The van der Waals surface area contributed by atoms with Crippen molar-refractivity contribution in [2.75, 3.05) is 39.2 Å². The van der Waals surface area contributed by atoms with Crippen molar-refractivity contribution in [2.24, 2.45) is 0 Å². The number of nitrogens with one attached hydrogen (secondary N) is 1. The molecule has 1 N–H and O–H groups in total. The molecule has 0 fully saturated rings. The fourth-order valence-electron chi connectivity index (χ4n) is 1.81. The topological polar surface area (TPSA) is 41.6 Å². The van der Waals surface area contributed by atoms with Gasteiger partial charge in [-0.05, 0) is 25.5 Å². The van der Waals surface area contributed by atoms with Crippen LogP contribution in [0.15, 0.2) is 12.1 Å². The highest BCUT2D eigenvalue weighted by Crippen LogP contribution is 2.21. The molecule has 0 aliphatic heterocycles. The molecule has 0 unspecified atom stereocenters. The van der Waals surface area contributed by atoms with Crippen LogP contribution in [0, 0.1) is 11.6 Å². The number of benzene rings is 1. The van der Waals surface area contributed by atoms with Gasteiger partial charge in [-0.15, -0.1) is 0 Å². The van der Waals surface area contributed by atoms with E-state index in [1.54, 1.807) is 21.1 Å². The number of anilines is 1. The molecule has 0 bridgehead atoms. The average Bonchev–Trinajstić information content (AvgIpc) is 2.42. The van der Waals surface area contributed by atoms with E-state index >= 15 is 0 Å². The van der Waals surface area contributed by atoms with Crippen molar-refractivity contribution >= 4 is 11.6 Å². The van der Waals surface area contributed by atoms with E-state index in [1.807, 2.05) is 0 Å². The van der Waals surface area contributed by atoms with E-state index in [9.17, 15) is 13.6 Å². The Morgan fingerprint density at radius 3 is 2.45 bits per heavy atom. The molecule has 6 heteroatoms. The zero-order valence-corrected chi connectivity index (χ0v) is 12.0. The summed E-state index contributed by atoms with van der Waals surface area (Å²) in [7, 11) is 3.16. The van der Waals surface area contributed by atoms with Crippen molar-refractivity contribution in [1.29, 1.82) is 0 Å². The van der Waals surface area contributed by atoms with Crippen molar-refractivity contribution in [3.05, 3.63) is 29.3 Å². The van der Waals surface area contributed by atoms with Crippen LogP contribution in [-0.4, -0.2) is 44.7 Å². The highest BCUT2D eigenvalue weighted by Gasteiger charge is 2.17. The summed E-state index contributed by atoms with van der Waals surface area (Å²) in [5, 5.41) is 2.59. The summed E-state index contributed by atoms with van der Waals surface area (Å²) in [6.45, 7) is 3.13. The molecule has 1 aromatic rings. The number of halogens is 2. The van der Waals surface area contributed by atoms with E-state index in [4.69, 9.17) is 4.74 Å². The molecule has 112 valence electrons. The number of ether oxygens (including phenoxy) is 1. The highest BCUT2D eigenvalue weighted by molar-refractivity contribution is 5.94. The molecule has 0 radical (unpaired) electrons. The second kappa shape index (κ2) is 7.79. The Morgan fingerprint density at radius 2 is 1.95 bits per heavy atom. The van der Waals surface area contributed by atoms with E-state index < -0.39 is 17.5 Å². The van der Waals surface area contributed by atoms with E-state index in [1.165, 1.54) is 4.90 Å². The number of nitrogens with zero attached hydrogens (tertiary/aromatic N) is 1. The second-order valence-electron chi connectivity index (χ2n) is 4.42. The van der Waals surface area contributed by atoms with Gasteiger partial charge in [0, 0.05) is 39.4 Å². The van der Waals surface area contributed by atoms with Crippen molar-refractivity contribution in [3.8, 4) is 0 Å². The molecule has 0 spiro atoms. The van der Waals surface area contributed by atoms with Gasteiger partial charge in [-0.1, -0.05) is 0 Å². The quantitative estimate of drug-likeness (QED) is 0.783. The number of methoxy groups -OCH3 is 1. The van der Waals surface area contributed by atoms with E-state index in [2.05, 4.69) is 5.32 Å². The minimum Gasteiger partial charge on any atom is -0.385 e. The first-order valence-electron chi connectivity index (χ1n) is 6.48. The van der Waals surface area contributed by atoms with Crippen LogP contribution in [0.25, 0.3) is 0 Å². The third kappa shape index (κ3) is 4.16. The normalized spacial score (nSPS) is 10.4. The van der Waals surface area contributed by atoms with Gasteiger partial charge in [0.25, 0.3) is 5.91 Å². The van der Waals surface area contributed by atoms with Gasteiger partial charge in [0.15, 0.2) is 0 Å². The molecular formula is C14H20F2N2O2. The Kier molecular flexibility index (Phi) is 6.38. The molecule has 4 nitrogen and oxygen atoms in total. The molecular weight excluding hydrogens is 266 g/mol. The second-order valence-corrected chi connectivity index (χ2v) is 4.42. The van der Waals surface area contributed by atoms with Gasteiger partial charge in [-0.2, -0.15) is 0 Å². The minimum absolute atomic E-state index is 0.00145. The van der Waals surface area contributed by atoms with Gasteiger partial charge < -0.3 is 15.0 Å². The monoisotopic (exact) mass is 286 g/mol. The molecule has 1 rings (SSSR count). The summed E-state index contributed by atoms with van der Waals surface area (Å²) in [4.78, 5) is 13.5. The van der Waals surface area contributed by atoms with E-state index in [-0.39, 0.29) is 11.3 Å². The molecule has 0 aliphatic carbocycles. The molecule has 1 aromatic carbocycles. The Morgan fingerprint density at radius 1 is 1.35 bits per heavy atom. The summed E-state index contributed by atoms with van der Waals surface area (Å²) in [6, 6.07) is 2.10. The Balaban J connectivity index is 2.83. The number of carbonyl (C=O) groups excluding carboxylic acids is 1. The van der Waals surface area contributed by atoms with Gasteiger partial charge in [-0.3, -0.25) is 4.79 Å². The van der Waals surface area contributed by atoms with E-state index in [0.717, 1.165) is 12.1 Å². The summed E-state index contributed by atoms with van der Waals surface area (Å²) in [5.74, 6) is -1.94. The number of hydrogen-bond acceptors (Lipinski definition) is 3. The average molecular weight is 286 g/mol. The first kappa shape index (κ1) is 16.4. The first-order valence-corrected chi connectivity index (χ1v) is 6.48. The maximum atomic E-state index is 13.7. The predicted octanol–water partition coefficient (Wildman–Crippen LogP) is 2.51. The molecule has 0 aromatic heterocycles. The van der Waals surface area contributed by atoms with Crippen LogP contribution in [0.3, 0.4) is 0 Å². The summed E-state index contributed by atoms with van der Waals surface area (Å²) in [6.07, 6.45) is 0.666. The first-order chi connectivity index (χ1) is 9.51. The lowest BCUT2D eigenvalue weighted by atomic mass is 10.1. The highest BCUT2D eigenvalue weighted by atomic mass is 19.1. The standard InChI is InChI=1S/C14H20F2N2O2/c1-4-17-13-11(15)8-10(9-12(13)16)14(19)18(2)6-5-7-20-3/h8-9,17H,4-7H2,1-3H3. The lowest BCUT2D eigenvalue weighted by molar-refractivity contribution is 0.0778. The summed E-state index contributed by atoms with van der Waals surface area (Å²) >= 11 is 0. The predicted molar refractivity (Wildman–Crippen MR) is 74.0 cm³/mol. The van der Waals surface area contributed by atoms with Crippen LogP contribution < -0.4 is 5.32 Å². The maximum absolute atomic E-state index is 13.7. The van der Waals surface area contributed by atoms with Gasteiger partial charge >= 0.3 is 0 Å². The molecule has 1 amide bonds.